The summed E-state index contributed by atoms with van der Waals surface area (Å²) in [6.45, 7) is 1.18. The van der Waals surface area contributed by atoms with Crippen LogP contribution in [0.15, 0.2) is 0 Å². The van der Waals surface area contributed by atoms with Crippen molar-refractivity contribution in [1.29, 1.82) is 0 Å². The second-order valence-electron chi connectivity index (χ2n) is 3.42. The van der Waals surface area contributed by atoms with Crippen LogP contribution in [0.2, 0.25) is 0 Å². The van der Waals surface area contributed by atoms with Crippen LogP contribution in [0, 0.1) is 5.92 Å². The van der Waals surface area contributed by atoms with Crippen molar-refractivity contribution in [3.05, 3.63) is 0 Å². The van der Waals surface area contributed by atoms with Gasteiger partial charge in [0.25, 0.3) is 0 Å². The minimum absolute atomic E-state index is 0.0327. The Balaban J connectivity index is 2.39. The van der Waals surface area contributed by atoms with E-state index in [4.69, 9.17) is 5.11 Å². The molecule has 1 rings (SSSR count). The van der Waals surface area contributed by atoms with E-state index >= 15 is 0 Å². The summed E-state index contributed by atoms with van der Waals surface area (Å²) in [5.41, 5.74) is 0. The first-order valence-electron chi connectivity index (χ1n) is 4.14. The van der Waals surface area contributed by atoms with Gasteiger partial charge in [0.2, 0.25) is 0 Å². The van der Waals surface area contributed by atoms with Gasteiger partial charge in [-0.1, -0.05) is 0 Å². The molecule has 0 aromatic carbocycles. The number of hydrogen-bond donors (Lipinski definition) is 1. The van der Waals surface area contributed by atoms with E-state index in [-0.39, 0.29) is 12.3 Å². The third-order valence-electron chi connectivity index (χ3n) is 2.32. The fourth-order valence-corrected chi connectivity index (χ4v) is 1.56. The molecule has 0 radical (unpaired) electrons. The molecule has 1 heterocycles. The number of alkyl halides is 1. The number of carboxylic acid groups (broad SMARTS) is 1. The average Bonchev–Trinajstić information content (AvgIpc) is 1.94. The predicted molar refractivity (Wildman–Crippen MR) is 42.8 cm³/mol. The molecular weight excluding hydrogens is 161 g/mol. The number of piperidine rings is 1. The Hall–Kier alpha value is -0.640. The number of likely N-dealkylation sites (tertiary alicyclic amines) is 1. The Morgan fingerprint density at radius 1 is 1.75 bits per heavy atom. The first-order valence-corrected chi connectivity index (χ1v) is 4.14. The van der Waals surface area contributed by atoms with E-state index in [9.17, 15) is 9.18 Å². The summed E-state index contributed by atoms with van der Waals surface area (Å²) in [7, 11) is 1.85. The smallest absolute Gasteiger partial charge is 0.303 e. The quantitative estimate of drug-likeness (QED) is 0.673. The molecule has 0 saturated carbocycles. The zero-order valence-corrected chi connectivity index (χ0v) is 7.16. The van der Waals surface area contributed by atoms with Crippen LogP contribution in [0.1, 0.15) is 12.8 Å². The molecule has 1 fully saturated rings. The normalized spacial score (nSPS) is 31.8. The van der Waals surface area contributed by atoms with Crippen LogP contribution < -0.4 is 0 Å². The van der Waals surface area contributed by atoms with Crippen LogP contribution in [-0.4, -0.2) is 42.3 Å². The van der Waals surface area contributed by atoms with Crippen molar-refractivity contribution in [2.45, 2.75) is 19.0 Å². The SMILES string of the molecule is CN1CC[C@@H](CC(=O)O)[C@H](F)C1. The van der Waals surface area contributed by atoms with Gasteiger partial charge in [0, 0.05) is 12.5 Å². The molecule has 0 bridgehead atoms. The molecule has 1 aliphatic rings. The Morgan fingerprint density at radius 2 is 2.42 bits per heavy atom. The minimum atomic E-state index is -0.972. The van der Waals surface area contributed by atoms with Gasteiger partial charge in [0.15, 0.2) is 0 Å². The van der Waals surface area contributed by atoms with Crippen LogP contribution in [-0.2, 0) is 4.79 Å². The zero-order chi connectivity index (χ0) is 9.14. The second kappa shape index (κ2) is 3.85. The highest BCUT2D eigenvalue weighted by Gasteiger charge is 2.28. The van der Waals surface area contributed by atoms with E-state index in [1.807, 2.05) is 11.9 Å². The summed E-state index contributed by atoms with van der Waals surface area (Å²) >= 11 is 0. The number of nitrogens with zero attached hydrogens (tertiary/aromatic N) is 1. The van der Waals surface area contributed by atoms with Crippen LogP contribution in [0.3, 0.4) is 0 Å². The number of carboxylic acids is 1. The summed E-state index contributed by atoms with van der Waals surface area (Å²) < 4.78 is 13.2. The van der Waals surface area contributed by atoms with Crippen LogP contribution >= 0.6 is 0 Å². The third-order valence-corrected chi connectivity index (χ3v) is 2.32. The van der Waals surface area contributed by atoms with Gasteiger partial charge in [-0.05, 0) is 20.0 Å². The molecule has 0 amide bonds. The summed E-state index contributed by atoms with van der Waals surface area (Å²) in [5.74, 6) is -1.18. The summed E-state index contributed by atoms with van der Waals surface area (Å²) in [6.07, 6.45) is -0.348. The number of aliphatic carboxylic acids is 1. The second-order valence-corrected chi connectivity index (χ2v) is 3.42. The predicted octanol–water partition coefficient (Wildman–Crippen LogP) is 0.751. The van der Waals surface area contributed by atoms with E-state index < -0.39 is 12.1 Å². The fourth-order valence-electron chi connectivity index (χ4n) is 1.56. The van der Waals surface area contributed by atoms with Crippen molar-refractivity contribution in [3.8, 4) is 0 Å². The molecule has 1 saturated heterocycles. The van der Waals surface area contributed by atoms with Gasteiger partial charge in [-0.3, -0.25) is 4.79 Å². The largest absolute Gasteiger partial charge is 0.481 e. The summed E-state index contributed by atoms with van der Waals surface area (Å²) in [4.78, 5) is 12.2. The third kappa shape index (κ3) is 2.44. The van der Waals surface area contributed by atoms with Gasteiger partial charge in [-0.2, -0.15) is 0 Å². The minimum Gasteiger partial charge on any atom is -0.481 e. The summed E-state index contributed by atoms with van der Waals surface area (Å²) in [6, 6.07) is 0. The number of rotatable bonds is 2. The Morgan fingerprint density at radius 3 is 2.92 bits per heavy atom. The molecule has 0 spiro atoms. The average molecular weight is 175 g/mol. The van der Waals surface area contributed by atoms with Crippen LogP contribution in [0.5, 0.6) is 0 Å². The Bertz CT molecular complexity index is 174. The molecule has 12 heavy (non-hydrogen) atoms. The highest BCUT2D eigenvalue weighted by atomic mass is 19.1. The lowest BCUT2D eigenvalue weighted by atomic mass is 9.92. The van der Waals surface area contributed by atoms with E-state index in [0.717, 1.165) is 6.54 Å². The van der Waals surface area contributed by atoms with Crippen LogP contribution in [0.4, 0.5) is 4.39 Å². The highest BCUT2D eigenvalue weighted by molar-refractivity contribution is 5.67. The molecular formula is C8H14FNO2. The maximum Gasteiger partial charge on any atom is 0.303 e. The standard InChI is InChI=1S/C8H14FNO2/c1-10-3-2-6(4-8(11)12)7(9)5-10/h6-7H,2-5H2,1H3,(H,11,12)/t6-,7+/m0/s1. The van der Waals surface area contributed by atoms with Crippen molar-refractivity contribution in [2.75, 3.05) is 20.1 Å². The van der Waals surface area contributed by atoms with Gasteiger partial charge in [0.05, 0.1) is 6.42 Å². The van der Waals surface area contributed by atoms with Crippen LogP contribution in [0.25, 0.3) is 0 Å². The number of hydrogen-bond acceptors (Lipinski definition) is 2. The molecule has 0 aromatic rings. The summed E-state index contributed by atoms with van der Waals surface area (Å²) in [5, 5.41) is 8.47. The molecule has 1 aliphatic heterocycles. The van der Waals surface area contributed by atoms with Gasteiger partial charge in [0.1, 0.15) is 6.17 Å². The number of halogens is 1. The van der Waals surface area contributed by atoms with E-state index in [1.165, 1.54) is 0 Å². The molecule has 70 valence electrons. The lowest BCUT2D eigenvalue weighted by Crippen LogP contribution is -2.40. The first kappa shape index (κ1) is 9.45. The highest BCUT2D eigenvalue weighted by Crippen LogP contribution is 2.22. The van der Waals surface area contributed by atoms with Gasteiger partial charge in [-0.15, -0.1) is 0 Å². The first-order chi connectivity index (χ1) is 5.59. The van der Waals surface area contributed by atoms with Gasteiger partial charge >= 0.3 is 5.97 Å². The van der Waals surface area contributed by atoms with Crippen molar-refractivity contribution in [1.82, 2.24) is 4.90 Å². The lowest BCUT2D eigenvalue weighted by molar-refractivity contribution is -0.139. The molecule has 1 N–H and O–H groups in total. The van der Waals surface area contributed by atoms with Gasteiger partial charge < -0.3 is 10.0 Å². The van der Waals surface area contributed by atoms with E-state index in [2.05, 4.69) is 0 Å². The topological polar surface area (TPSA) is 40.5 Å². The fraction of sp³-hybridized carbons (Fsp3) is 0.875. The van der Waals surface area contributed by atoms with Crippen molar-refractivity contribution in [3.63, 3.8) is 0 Å². The Labute approximate surface area is 71.2 Å². The van der Waals surface area contributed by atoms with Crippen molar-refractivity contribution in [2.24, 2.45) is 5.92 Å². The van der Waals surface area contributed by atoms with E-state index in [0.29, 0.717) is 13.0 Å². The molecule has 0 aliphatic carbocycles. The van der Waals surface area contributed by atoms with E-state index in [1.54, 1.807) is 0 Å². The van der Waals surface area contributed by atoms with Gasteiger partial charge in [-0.25, -0.2) is 4.39 Å². The molecule has 3 nitrogen and oxygen atoms in total. The maximum atomic E-state index is 13.2. The molecule has 2 atom stereocenters. The monoisotopic (exact) mass is 175 g/mol. The van der Waals surface area contributed by atoms with Crippen molar-refractivity contribution < 1.29 is 14.3 Å². The molecule has 0 aromatic heterocycles. The molecule has 0 unspecified atom stereocenters. The number of carbonyl (C=O) groups is 1. The maximum absolute atomic E-state index is 13.2. The molecule has 4 heteroatoms. The lowest BCUT2D eigenvalue weighted by Gasteiger charge is -2.31. The zero-order valence-electron chi connectivity index (χ0n) is 7.16. The Kier molecular flexibility index (Phi) is 3.03. The van der Waals surface area contributed by atoms with Crippen molar-refractivity contribution >= 4 is 5.97 Å².